The van der Waals surface area contributed by atoms with Gasteiger partial charge in [-0.1, -0.05) is 29.8 Å². The lowest BCUT2D eigenvalue weighted by atomic mass is 9.89. The van der Waals surface area contributed by atoms with E-state index >= 15 is 0 Å². The van der Waals surface area contributed by atoms with Crippen LogP contribution in [0.15, 0.2) is 30.3 Å². The van der Waals surface area contributed by atoms with Gasteiger partial charge in [0.1, 0.15) is 0 Å². The summed E-state index contributed by atoms with van der Waals surface area (Å²) in [5.74, 6) is 0.183. The number of piperazine rings is 1. The zero-order valence-corrected chi connectivity index (χ0v) is 16.7. The van der Waals surface area contributed by atoms with Crippen LogP contribution in [0.1, 0.15) is 31.7 Å². The van der Waals surface area contributed by atoms with Gasteiger partial charge in [-0.15, -0.1) is 0 Å². The summed E-state index contributed by atoms with van der Waals surface area (Å²) in [7, 11) is 0. The average molecular weight is 390 g/mol. The highest BCUT2D eigenvalue weighted by atomic mass is 35.5. The van der Waals surface area contributed by atoms with Crippen molar-refractivity contribution in [3.05, 3.63) is 40.9 Å². The van der Waals surface area contributed by atoms with Crippen LogP contribution in [0.2, 0.25) is 5.02 Å². The molecule has 2 heterocycles. The van der Waals surface area contributed by atoms with Gasteiger partial charge < -0.3 is 5.32 Å². The number of halogens is 1. The topological polar surface area (TPSA) is 52.7 Å². The maximum Gasteiger partial charge on any atom is 0.234 e. The number of likely N-dealkylation sites (tertiary alicyclic amines) is 1. The largest absolute Gasteiger partial charge is 0.354 e. The molecule has 1 atom stereocenters. The zero-order valence-electron chi connectivity index (χ0n) is 15.9. The van der Waals surface area contributed by atoms with Crippen LogP contribution in [0.25, 0.3) is 6.08 Å². The summed E-state index contributed by atoms with van der Waals surface area (Å²) in [4.78, 5) is 29.3. The molecule has 1 aromatic carbocycles. The van der Waals surface area contributed by atoms with Gasteiger partial charge in [-0.3, -0.25) is 19.4 Å². The Morgan fingerprint density at radius 3 is 2.78 bits per heavy atom. The smallest absolute Gasteiger partial charge is 0.234 e. The van der Waals surface area contributed by atoms with Crippen molar-refractivity contribution in [2.24, 2.45) is 0 Å². The molecule has 1 unspecified atom stereocenters. The van der Waals surface area contributed by atoms with E-state index in [1.54, 1.807) is 6.08 Å². The Bertz CT molecular complexity index is 715. The molecule has 27 heavy (non-hydrogen) atoms. The zero-order chi connectivity index (χ0) is 19.3. The molecule has 146 valence electrons. The van der Waals surface area contributed by atoms with E-state index in [-0.39, 0.29) is 11.7 Å². The van der Waals surface area contributed by atoms with Crippen molar-refractivity contribution in [1.29, 1.82) is 0 Å². The number of rotatable bonds is 7. The van der Waals surface area contributed by atoms with Crippen molar-refractivity contribution < 1.29 is 9.59 Å². The van der Waals surface area contributed by atoms with Gasteiger partial charge in [0.05, 0.1) is 12.1 Å². The fourth-order valence-electron chi connectivity index (χ4n) is 3.87. The number of nitrogens with one attached hydrogen (secondary N) is 1. The molecule has 0 aromatic heterocycles. The summed E-state index contributed by atoms with van der Waals surface area (Å²) in [5.41, 5.74) is 0.381. The molecule has 0 saturated carbocycles. The van der Waals surface area contributed by atoms with Crippen molar-refractivity contribution in [2.45, 2.75) is 31.7 Å². The number of carbonyl (C=O) groups excluding carboxylic acids is 2. The minimum absolute atomic E-state index is 0.0660. The molecule has 0 radical (unpaired) electrons. The maximum absolute atomic E-state index is 13.2. The molecule has 1 N–H and O–H groups in total. The van der Waals surface area contributed by atoms with Gasteiger partial charge in [-0.05, 0) is 63.0 Å². The molecule has 1 aromatic rings. The molecule has 0 bridgehead atoms. The van der Waals surface area contributed by atoms with Gasteiger partial charge >= 0.3 is 0 Å². The van der Waals surface area contributed by atoms with Crippen LogP contribution in [0.3, 0.4) is 0 Å². The number of hydrogen-bond acceptors (Lipinski definition) is 4. The van der Waals surface area contributed by atoms with E-state index in [4.69, 9.17) is 11.6 Å². The molecule has 3 rings (SSSR count). The van der Waals surface area contributed by atoms with Gasteiger partial charge in [-0.25, -0.2) is 0 Å². The Balaban J connectivity index is 1.71. The predicted octanol–water partition coefficient (Wildman–Crippen LogP) is 2.60. The molecule has 5 nitrogen and oxygen atoms in total. The second kappa shape index (κ2) is 9.00. The lowest BCUT2D eigenvalue weighted by Gasteiger charge is -2.38. The third-order valence-electron chi connectivity index (χ3n) is 5.64. The first-order valence-electron chi connectivity index (χ1n) is 9.69. The number of carbonyl (C=O) groups is 2. The second-order valence-electron chi connectivity index (χ2n) is 7.60. The fourth-order valence-corrected chi connectivity index (χ4v) is 4.07. The summed E-state index contributed by atoms with van der Waals surface area (Å²) < 4.78 is 0. The standard InChI is InChI=1S/C21H28ClN3O2/c1-21(25-11-2-3-12-25,9-13-24-14-10-23-20(27)16-24)19(26)8-7-17-5-4-6-18(22)15-17/h4-8,15H,2-3,9-14,16H2,1H3,(H,23,27)/b8-7+. The van der Waals surface area contributed by atoms with E-state index in [9.17, 15) is 9.59 Å². The van der Waals surface area contributed by atoms with Crippen LogP contribution < -0.4 is 5.32 Å². The Labute approximate surface area is 166 Å². The normalized spacial score (nSPS) is 21.3. The van der Waals surface area contributed by atoms with Crippen LogP contribution in [0.4, 0.5) is 0 Å². The van der Waals surface area contributed by atoms with E-state index in [0.29, 0.717) is 18.1 Å². The third-order valence-corrected chi connectivity index (χ3v) is 5.88. The van der Waals surface area contributed by atoms with E-state index in [1.165, 1.54) is 0 Å². The number of amides is 1. The Morgan fingerprint density at radius 2 is 2.07 bits per heavy atom. The van der Waals surface area contributed by atoms with E-state index < -0.39 is 5.54 Å². The quantitative estimate of drug-likeness (QED) is 0.728. The molecule has 2 fully saturated rings. The van der Waals surface area contributed by atoms with E-state index in [2.05, 4.69) is 15.1 Å². The summed E-state index contributed by atoms with van der Waals surface area (Å²) in [6.45, 7) is 6.64. The number of hydrogen-bond donors (Lipinski definition) is 1. The Hall–Kier alpha value is -1.69. The van der Waals surface area contributed by atoms with Crippen molar-refractivity contribution >= 4 is 29.4 Å². The minimum atomic E-state index is -0.542. The van der Waals surface area contributed by atoms with Crippen molar-refractivity contribution in [1.82, 2.24) is 15.1 Å². The van der Waals surface area contributed by atoms with Crippen LogP contribution in [0, 0.1) is 0 Å². The molecule has 1 amide bonds. The highest BCUT2D eigenvalue weighted by molar-refractivity contribution is 6.30. The third kappa shape index (κ3) is 5.18. The lowest BCUT2D eigenvalue weighted by Crippen LogP contribution is -2.54. The van der Waals surface area contributed by atoms with Gasteiger partial charge in [0.25, 0.3) is 0 Å². The first-order chi connectivity index (χ1) is 13.0. The monoisotopic (exact) mass is 389 g/mol. The number of nitrogens with zero attached hydrogens (tertiary/aromatic N) is 2. The number of benzene rings is 1. The predicted molar refractivity (Wildman–Crippen MR) is 109 cm³/mol. The maximum atomic E-state index is 13.2. The molecule has 6 heteroatoms. The van der Waals surface area contributed by atoms with Crippen LogP contribution >= 0.6 is 11.6 Å². The van der Waals surface area contributed by atoms with Gasteiger partial charge in [0, 0.05) is 24.7 Å². The molecule has 2 aliphatic heterocycles. The van der Waals surface area contributed by atoms with Gasteiger partial charge in [-0.2, -0.15) is 0 Å². The summed E-state index contributed by atoms with van der Waals surface area (Å²) >= 11 is 6.04. The summed E-state index contributed by atoms with van der Waals surface area (Å²) in [5, 5.41) is 3.51. The van der Waals surface area contributed by atoms with Gasteiger partial charge in [0.2, 0.25) is 5.91 Å². The second-order valence-corrected chi connectivity index (χ2v) is 8.03. The first kappa shape index (κ1) is 20.1. The van der Waals surface area contributed by atoms with Crippen LogP contribution in [-0.2, 0) is 9.59 Å². The SMILES string of the molecule is CC(CCN1CCNC(=O)C1)(C(=O)/C=C/c1cccc(Cl)c1)N1CCCC1. The molecule has 0 spiro atoms. The number of ketones is 1. The van der Waals surface area contributed by atoms with E-state index in [0.717, 1.165) is 51.0 Å². The Morgan fingerprint density at radius 1 is 1.30 bits per heavy atom. The van der Waals surface area contributed by atoms with Crippen LogP contribution in [-0.4, -0.2) is 66.3 Å². The summed E-state index contributed by atoms with van der Waals surface area (Å²) in [6.07, 6.45) is 6.52. The van der Waals surface area contributed by atoms with Crippen molar-refractivity contribution in [3.63, 3.8) is 0 Å². The molecule has 2 saturated heterocycles. The van der Waals surface area contributed by atoms with Crippen molar-refractivity contribution in [2.75, 3.05) is 39.3 Å². The van der Waals surface area contributed by atoms with Crippen LogP contribution in [0.5, 0.6) is 0 Å². The summed E-state index contributed by atoms with van der Waals surface area (Å²) in [6, 6.07) is 7.50. The Kier molecular flexibility index (Phi) is 6.68. The minimum Gasteiger partial charge on any atom is -0.354 e. The fraction of sp³-hybridized carbons (Fsp3) is 0.524. The van der Waals surface area contributed by atoms with Crippen molar-refractivity contribution in [3.8, 4) is 0 Å². The molecule has 2 aliphatic rings. The highest BCUT2D eigenvalue weighted by Gasteiger charge is 2.39. The first-order valence-corrected chi connectivity index (χ1v) is 10.1. The molecular formula is C21H28ClN3O2. The van der Waals surface area contributed by atoms with E-state index in [1.807, 2.05) is 37.3 Å². The molecular weight excluding hydrogens is 362 g/mol. The van der Waals surface area contributed by atoms with Gasteiger partial charge in [0.15, 0.2) is 5.78 Å². The molecule has 0 aliphatic carbocycles. The average Bonchev–Trinajstić information content (AvgIpc) is 3.20. The highest BCUT2D eigenvalue weighted by Crippen LogP contribution is 2.27. The lowest BCUT2D eigenvalue weighted by molar-refractivity contribution is -0.126.